The van der Waals surface area contributed by atoms with Crippen molar-refractivity contribution in [1.82, 2.24) is 5.32 Å². The van der Waals surface area contributed by atoms with Crippen LogP contribution in [0.4, 0.5) is 4.39 Å². The molecule has 2 aromatic rings. The van der Waals surface area contributed by atoms with Crippen molar-refractivity contribution in [2.75, 3.05) is 13.6 Å². The zero-order chi connectivity index (χ0) is 10.8. The van der Waals surface area contributed by atoms with Gasteiger partial charge in [0.2, 0.25) is 0 Å². The first kappa shape index (κ1) is 10.2. The molecule has 2 rings (SSSR count). The molecule has 2 nitrogen and oxygen atoms in total. The molecule has 1 heterocycles. The summed E-state index contributed by atoms with van der Waals surface area (Å²) in [6.07, 6.45) is 2.57. The molecular weight excluding hydrogens is 193 g/mol. The molecule has 0 aliphatic carbocycles. The smallest absolute Gasteiger partial charge is 0.137 e. The molecule has 1 aromatic heterocycles. The van der Waals surface area contributed by atoms with Gasteiger partial charge < -0.3 is 9.73 Å². The molecule has 0 fully saturated rings. The molecule has 0 unspecified atom stereocenters. The van der Waals surface area contributed by atoms with Gasteiger partial charge in [0.05, 0.1) is 6.26 Å². The number of fused-ring (bicyclic) bond motifs is 1. The average molecular weight is 207 g/mol. The number of nitrogens with one attached hydrogen (secondary N) is 1. The van der Waals surface area contributed by atoms with Crippen molar-refractivity contribution in [2.24, 2.45) is 0 Å². The third kappa shape index (κ3) is 1.88. The van der Waals surface area contributed by atoms with Crippen LogP contribution in [0, 0.1) is 12.7 Å². The SMILES string of the molecule is CNCCc1coc2c(C)cc(F)cc12. The monoisotopic (exact) mass is 207 g/mol. The molecule has 80 valence electrons. The summed E-state index contributed by atoms with van der Waals surface area (Å²) in [4.78, 5) is 0. The standard InChI is InChI=1S/C12H14FNO/c1-8-5-10(13)6-11-9(3-4-14-2)7-15-12(8)11/h5-7,14H,3-4H2,1-2H3. The largest absolute Gasteiger partial charge is 0.464 e. The zero-order valence-corrected chi connectivity index (χ0v) is 8.93. The number of hydrogen-bond acceptors (Lipinski definition) is 2. The fourth-order valence-electron chi connectivity index (χ4n) is 1.77. The third-order valence-electron chi connectivity index (χ3n) is 2.55. The average Bonchev–Trinajstić information content (AvgIpc) is 2.58. The summed E-state index contributed by atoms with van der Waals surface area (Å²) in [6.45, 7) is 2.72. The Morgan fingerprint density at radius 2 is 2.20 bits per heavy atom. The van der Waals surface area contributed by atoms with Crippen LogP contribution >= 0.6 is 0 Å². The lowest BCUT2D eigenvalue weighted by atomic mass is 10.1. The van der Waals surface area contributed by atoms with Crippen molar-refractivity contribution >= 4 is 11.0 Å². The predicted octanol–water partition coefficient (Wildman–Crippen LogP) is 2.64. The van der Waals surface area contributed by atoms with E-state index < -0.39 is 0 Å². The van der Waals surface area contributed by atoms with Gasteiger partial charge in [-0.3, -0.25) is 0 Å². The number of furan rings is 1. The lowest BCUT2D eigenvalue weighted by Gasteiger charge is -1.99. The second kappa shape index (κ2) is 4.03. The van der Waals surface area contributed by atoms with E-state index in [4.69, 9.17) is 4.42 Å². The molecule has 1 aromatic carbocycles. The van der Waals surface area contributed by atoms with Crippen LogP contribution in [0.1, 0.15) is 11.1 Å². The maximum atomic E-state index is 13.2. The Labute approximate surface area is 88.1 Å². The van der Waals surface area contributed by atoms with Crippen molar-refractivity contribution in [3.05, 3.63) is 35.3 Å². The first-order valence-corrected chi connectivity index (χ1v) is 5.03. The summed E-state index contributed by atoms with van der Waals surface area (Å²) >= 11 is 0. The molecule has 15 heavy (non-hydrogen) atoms. The highest BCUT2D eigenvalue weighted by atomic mass is 19.1. The zero-order valence-electron chi connectivity index (χ0n) is 8.93. The Bertz CT molecular complexity index is 476. The van der Waals surface area contributed by atoms with E-state index >= 15 is 0 Å². The van der Waals surface area contributed by atoms with Gasteiger partial charge in [-0.15, -0.1) is 0 Å². The Hall–Kier alpha value is -1.35. The minimum Gasteiger partial charge on any atom is -0.464 e. The quantitative estimate of drug-likeness (QED) is 0.837. The van der Waals surface area contributed by atoms with Crippen molar-refractivity contribution in [1.29, 1.82) is 0 Å². The topological polar surface area (TPSA) is 25.2 Å². The lowest BCUT2D eigenvalue weighted by Crippen LogP contribution is -2.09. The predicted molar refractivity (Wildman–Crippen MR) is 58.5 cm³/mol. The fraction of sp³-hybridized carbons (Fsp3) is 0.333. The lowest BCUT2D eigenvalue weighted by molar-refractivity contribution is 0.601. The highest BCUT2D eigenvalue weighted by molar-refractivity contribution is 5.83. The molecule has 0 saturated carbocycles. The van der Waals surface area contributed by atoms with Crippen LogP contribution in [-0.4, -0.2) is 13.6 Å². The van der Waals surface area contributed by atoms with Crippen molar-refractivity contribution in [3.63, 3.8) is 0 Å². The summed E-state index contributed by atoms with van der Waals surface area (Å²) in [5.74, 6) is -0.202. The van der Waals surface area contributed by atoms with Crippen LogP contribution < -0.4 is 5.32 Å². The molecule has 0 radical (unpaired) electrons. The maximum absolute atomic E-state index is 13.2. The highest BCUT2D eigenvalue weighted by Gasteiger charge is 2.09. The van der Waals surface area contributed by atoms with Gasteiger partial charge in [-0.05, 0) is 50.2 Å². The van der Waals surface area contributed by atoms with E-state index in [1.54, 1.807) is 6.26 Å². The summed E-state index contributed by atoms with van der Waals surface area (Å²) in [7, 11) is 1.90. The van der Waals surface area contributed by atoms with E-state index in [0.717, 1.165) is 35.1 Å². The van der Waals surface area contributed by atoms with E-state index in [9.17, 15) is 4.39 Å². The van der Waals surface area contributed by atoms with Crippen LogP contribution in [0.3, 0.4) is 0 Å². The van der Waals surface area contributed by atoms with Crippen LogP contribution in [0.5, 0.6) is 0 Å². The van der Waals surface area contributed by atoms with Crippen LogP contribution in [0.25, 0.3) is 11.0 Å². The fourth-order valence-corrected chi connectivity index (χ4v) is 1.77. The summed E-state index contributed by atoms with van der Waals surface area (Å²) in [5.41, 5.74) is 2.70. The second-order valence-electron chi connectivity index (χ2n) is 3.71. The normalized spacial score (nSPS) is 11.1. The minimum atomic E-state index is -0.202. The molecule has 0 aliphatic heterocycles. The Balaban J connectivity index is 2.49. The van der Waals surface area contributed by atoms with Crippen molar-refractivity contribution in [2.45, 2.75) is 13.3 Å². The number of likely N-dealkylation sites (N-methyl/N-ethyl adjacent to an activating group) is 1. The molecular formula is C12H14FNO. The number of hydrogen-bond donors (Lipinski definition) is 1. The summed E-state index contributed by atoms with van der Waals surface area (Å²) in [5, 5.41) is 3.96. The number of rotatable bonds is 3. The van der Waals surface area contributed by atoms with E-state index in [1.165, 1.54) is 12.1 Å². The van der Waals surface area contributed by atoms with Crippen LogP contribution in [0.2, 0.25) is 0 Å². The molecule has 0 spiro atoms. The van der Waals surface area contributed by atoms with Gasteiger partial charge >= 0.3 is 0 Å². The van der Waals surface area contributed by atoms with Crippen LogP contribution in [0.15, 0.2) is 22.8 Å². The van der Waals surface area contributed by atoms with Crippen molar-refractivity contribution in [3.8, 4) is 0 Å². The van der Waals surface area contributed by atoms with Crippen molar-refractivity contribution < 1.29 is 8.81 Å². The number of halogens is 1. The van der Waals surface area contributed by atoms with Gasteiger partial charge in [0.25, 0.3) is 0 Å². The maximum Gasteiger partial charge on any atom is 0.137 e. The second-order valence-corrected chi connectivity index (χ2v) is 3.71. The molecule has 3 heteroatoms. The first-order valence-electron chi connectivity index (χ1n) is 5.03. The Kier molecular flexibility index (Phi) is 2.73. The van der Waals surface area contributed by atoms with E-state index in [1.807, 2.05) is 14.0 Å². The molecule has 0 atom stereocenters. The van der Waals surface area contributed by atoms with Gasteiger partial charge in [-0.25, -0.2) is 4.39 Å². The summed E-state index contributed by atoms with van der Waals surface area (Å²) in [6, 6.07) is 3.03. The van der Waals surface area contributed by atoms with Crippen LogP contribution in [-0.2, 0) is 6.42 Å². The van der Waals surface area contributed by atoms with Gasteiger partial charge in [0.15, 0.2) is 0 Å². The van der Waals surface area contributed by atoms with Gasteiger partial charge in [0.1, 0.15) is 11.4 Å². The molecule has 0 bridgehead atoms. The van der Waals surface area contributed by atoms with Gasteiger partial charge in [0, 0.05) is 5.39 Å². The van der Waals surface area contributed by atoms with E-state index in [-0.39, 0.29) is 5.82 Å². The van der Waals surface area contributed by atoms with Gasteiger partial charge in [-0.2, -0.15) is 0 Å². The molecule has 0 saturated heterocycles. The van der Waals surface area contributed by atoms with E-state index in [2.05, 4.69) is 5.32 Å². The summed E-state index contributed by atoms with van der Waals surface area (Å²) < 4.78 is 18.7. The highest BCUT2D eigenvalue weighted by Crippen LogP contribution is 2.25. The Morgan fingerprint density at radius 3 is 2.93 bits per heavy atom. The first-order chi connectivity index (χ1) is 7.22. The van der Waals surface area contributed by atoms with E-state index in [0.29, 0.717) is 0 Å². The number of benzene rings is 1. The molecule has 1 N–H and O–H groups in total. The molecule has 0 amide bonds. The third-order valence-corrected chi connectivity index (χ3v) is 2.55. The number of aryl methyl sites for hydroxylation is 1. The Morgan fingerprint density at radius 1 is 1.40 bits per heavy atom. The molecule has 0 aliphatic rings. The van der Waals surface area contributed by atoms with Gasteiger partial charge in [-0.1, -0.05) is 0 Å². The minimum absolute atomic E-state index is 0.202.